The van der Waals surface area contributed by atoms with Crippen molar-refractivity contribution in [3.05, 3.63) is 23.8 Å². The summed E-state index contributed by atoms with van der Waals surface area (Å²) in [6, 6.07) is 0. The number of hydrogen-bond donors (Lipinski definition) is 1. The van der Waals surface area contributed by atoms with Crippen LogP contribution in [0.2, 0.25) is 0 Å². The highest BCUT2D eigenvalue weighted by Crippen LogP contribution is 2.72. The molecule has 3 fully saturated rings. The normalized spacial score (nSPS) is 55.2. The largest absolute Gasteiger partial charge is 0.381 e. The smallest absolute Gasteiger partial charge is 0.178 e. The molecule has 0 bridgehead atoms. The predicted octanol–water partition coefficient (Wildman–Crippen LogP) is 4.39. The van der Waals surface area contributed by atoms with Gasteiger partial charge in [0.1, 0.15) is 11.8 Å². The standard InChI is InChI=1S/C22H27Cl2FO3/c1-11-7-14-15-9-17(25)16-8-13(27)5-6-19(16,3)21(15,24)18(23)10-20(14,4)22(11,28)12(2)26/h5-6,8,11,14-15,17-18,28H,7,9-10H2,1-4H3/t11?,14-,15-,17?,18?,19-,20-,21-,22-/m0/s1. The molecule has 0 aliphatic heterocycles. The molecule has 6 heteroatoms. The van der Waals surface area contributed by atoms with E-state index in [9.17, 15) is 14.7 Å². The van der Waals surface area contributed by atoms with Crippen molar-refractivity contribution in [2.75, 3.05) is 0 Å². The van der Waals surface area contributed by atoms with Crippen LogP contribution in [0.1, 0.15) is 47.0 Å². The summed E-state index contributed by atoms with van der Waals surface area (Å²) in [6.45, 7) is 7.08. The third-order valence-electron chi connectivity index (χ3n) is 8.70. The Morgan fingerprint density at radius 2 is 1.93 bits per heavy atom. The first-order valence-corrected chi connectivity index (χ1v) is 10.8. The Morgan fingerprint density at radius 3 is 2.54 bits per heavy atom. The van der Waals surface area contributed by atoms with Crippen LogP contribution in [0.25, 0.3) is 0 Å². The Labute approximate surface area is 175 Å². The van der Waals surface area contributed by atoms with Crippen molar-refractivity contribution in [3.8, 4) is 0 Å². The Bertz CT molecular complexity index is 825. The quantitative estimate of drug-likeness (QED) is 0.630. The minimum Gasteiger partial charge on any atom is -0.381 e. The van der Waals surface area contributed by atoms with Gasteiger partial charge in [0.25, 0.3) is 0 Å². The summed E-state index contributed by atoms with van der Waals surface area (Å²) in [5.41, 5.74) is -2.75. The number of aliphatic hydroxyl groups is 1. The SMILES string of the molecule is CC(=O)[C@@]1(O)C(C)C[C@H]2[C@@H]3CC(F)C4=CC(=O)C=C[C@]4(C)[C@@]3(Cl)C(Cl)C[C@@]21C. The zero-order valence-corrected chi connectivity index (χ0v) is 18.1. The van der Waals surface area contributed by atoms with E-state index in [1.807, 2.05) is 20.8 Å². The van der Waals surface area contributed by atoms with Gasteiger partial charge < -0.3 is 5.11 Å². The van der Waals surface area contributed by atoms with Gasteiger partial charge in [0.05, 0.1) is 10.3 Å². The molecule has 0 radical (unpaired) electrons. The maximum Gasteiger partial charge on any atom is 0.178 e. The molecule has 3 unspecified atom stereocenters. The molecule has 4 rings (SSSR count). The average Bonchev–Trinajstić information content (AvgIpc) is 2.81. The van der Waals surface area contributed by atoms with Crippen LogP contribution >= 0.6 is 23.2 Å². The first-order valence-electron chi connectivity index (χ1n) is 9.99. The second kappa shape index (κ2) is 5.92. The first-order chi connectivity index (χ1) is 12.8. The van der Waals surface area contributed by atoms with Crippen molar-refractivity contribution >= 4 is 34.8 Å². The Hall–Kier alpha value is -0.710. The minimum atomic E-state index is -1.50. The van der Waals surface area contributed by atoms with Gasteiger partial charge in [-0.3, -0.25) is 9.59 Å². The third-order valence-corrected chi connectivity index (χ3v) is 10.3. The van der Waals surface area contributed by atoms with E-state index in [0.717, 1.165) is 0 Å². The van der Waals surface area contributed by atoms with Crippen LogP contribution in [0.5, 0.6) is 0 Å². The lowest BCUT2D eigenvalue weighted by atomic mass is 9.46. The molecule has 3 nitrogen and oxygen atoms in total. The molecule has 3 saturated carbocycles. The number of alkyl halides is 3. The fourth-order valence-electron chi connectivity index (χ4n) is 7.22. The van der Waals surface area contributed by atoms with E-state index in [0.29, 0.717) is 18.4 Å². The van der Waals surface area contributed by atoms with Crippen LogP contribution in [0.4, 0.5) is 4.39 Å². The molecule has 4 aliphatic carbocycles. The maximum absolute atomic E-state index is 15.4. The van der Waals surface area contributed by atoms with Crippen LogP contribution in [0, 0.1) is 28.6 Å². The van der Waals surface area contributed by atoms with Crippen molar-refractivity contribution < 1.29 is 19.1 Å². The lowest BCUT2D eigenvalue weighted by Crippen LogP contribution is -2.68. The molecule has 28 heavy (non-hydrogen) atoms. The van der Waals surface area contributed by atoms with Crippen molar-refractivity contribution in [3.63, 3.8) is 0 Å². The molecule has 0 aromatic heterocycles. The number of halogens is 3. The molecule has 0 amide bonds. The summed E-state index contributed by atoms with van der Waals surface area (Å²) in [6.07, 6.45) is 4.33. The third kappa shape index (κ3) is 2.10. The summed E-state index contributed by atoms with van der Waals surface area (Å²) in [5.74, 6) is -1.21. The molecule has 0 heterocycles. The Kier molecular flexibility index (Phi) is 4.35. The number of fused-ring (bicyclic) bond motifs is 5. The van der Waals surface area contributed by atoms with Crippen LogP contribution in [-0.4, -0.2) is 38.7 Å². The molecule has 1 N–H and O–H groups in total. The highest BCUT2D eigenvalue weighted by Gasteiger charge is 2.75. The number of Topliss-reactive ketones (excluding diaryl/α,β-unsaturated/α-hetero) is 1. The topological polar surface area (TPSA) is 54.4 Å². The highest BCUT2D eigenvalue weighted by atomic mass is 35.5. The molecule has 0 aromatic carbocycles. The van der Waals surface area contributed by atoms with Crippen molar-refractivity contribution in [2.45, 2.75) is 69.0 Å². The number of carbonyl (C=O) groups excluding carboxylic acids is 2. The van der Waals surface area contributed by atoms with E-state index >= 15 is 4.39 Å². The number of rotatable bonds is 1. The van der Waals surface area contributed by atoms with E-state index < -0.39 is 32.9 Å². The molecule has 0 aromatic rings. The van der Waals surface area contributed by atoms with E-state index in [1.54, 1.807) is 6.08 Å². The Morgan fingerprint density at radius 1 is 1.29 bits per heavy atom. The van der Waals surface area contributed by atoms with E-state index in [-0.39, 0.29) is 35.7 Å². The van der Waals surface area contributed by atoms with Gasteiger partial charge in [-0.25, -0.2) is 4.39 Å². The van der Waals surface area contributed by atoms with Gasteiger partial charge in [0, 0.05) is 10.8 Å². The van der Waals surface area contributed by atoms with Gasteiger partial charge in [-0.1, -0.05) is 26.8 Å². The van der Waals surface area contributed by atoms with Crippen LogP contribution < -0.4 is 0 Å². The molecular weight excluding hydrogens is 402 g/mol. The average molecular weight is 429 g/mol. The predicted molar refractivity (Wildman–Crippen MR) is 107 cm³/mol. The number of carbonyl (C=O) groups is 2. The zero-order valence-electron chi connectivity index (χ0n) is 16.6. The monoisotopic (exact) mass is 428 g/mol. The highest BCUT2D eigenvalue weighted by molar-refractivity contribution is 6.34. The summed E-state index contributed by atoms with van der Waals surface area (Å²) >= 11 is 14.3. The summed E-state index contributed by atoms with van der Waals surface area (Å²) in [7, 11) is 0. The lowest BCUT2D eigenvalue weighted by Gasteiger charge is -2.64. The zero-order chi connectivity index (χ0) is 20.9. The molecule has 0 saturated heterocycles. The summed E-state index contributed by atoms with van der Waals surface area (Å²) in [4.78, 5) is 23.4. The summed E-state index contributed by atoms with van der Waals surface area (Å²) < 4.78 is 15.4. The number of hydrogen-bond acceptors (Lipinski definition) is 3. The van der Waals surface area contributed by atoms with Crippen LogP contribution in [-0.2, 0) is 9.59 Å². The minimum absolute atomic E-state index is 0.133. The van der Waals surface area contributed by atoms with Gasteiger partial charge in [-0.2, -0.15) is 0 Å². The molecule has 154 valence electrons. The molecule has 0 spiro atoms. The van der Waals surface area contributed by atoms with Crippen molar-refractivity contribution in [2.24, 2.45) is 28.6 Å². The van der Waals surface area contributed by atoms with E-state index in [4.69, 9.17) is 23.2 Å². The Balaban J connectivity index is 1.88. The maximum atomic E-state index is 15.4. The number of allylic oxidation sites excluding steroid dienone is 4. The molecule has 4 aliphatic rings. The fourth-order valence-corrected chi connectivity index (χ4v) is 8.42. The first kappa shape index (κ1) is 20.6. The van der Waals surface area contributed by atoms with Gasteiger partial charge in [-0.05, 0) is 61.7 Å². The molecule has 9 atom stereocenters. The number of ketones is 2. The van der Waals surface area contributed by atoms with Crippen LogP contribution in [0.15, 0.2) is 23.8 Å². The van der Waals surface area contributed by atoms with Gasteiger partial charge in [-0.15, -0.1) is 23.2 Å². The van der Waals surface area contributed by atoms with E-state index in [2.05, 4.69) is 0 Å². The van der Waals surface area contributed by atoms with Gasteiger partial charge in [0.2, 0.25) is 0 Å². The van der Waals surface area contributed by atoms with Crippen molar-refractivity contribution in [1.82, 2.24) is 0 Å². The fraction of sp³-hybridized carbons (Fsp3) is 0.727. The lowest BCUT2D eigenvalue weighted by molar-refractivity contribution is -0.163. The summed E-state index contributed by atoms with van der Waals surface area (Å²) in [5, 5.41) is 10.9. The molecular formula is C22H27Cl2FO3. The van der Waals surface area contributed by atoms with Gasteiger partial charge in [0.15, 0.2) is 11.6 Å². The van der Waals surface area contributed by atoms with Gasteiger partial charge >= 0.3 is 0 Å². The second-order valence-electron chi connectivity index (χ2n) is 9.77. The van der Waals surface area contributed by atoms with Crippen molar-refractivity contribution in [1.29, 1.82) is 0 Å². The second-order valence-corrected chi connectivity index (χ2v) is 10.9. The van der Waals surface area contributed by atoms with Crippen LogP contribution in [0.3, 0.4) is 0 Å². The van der Waals surface area contributed by atoms with E-state index in [1.165, 1.54) is 19.1 Å².